The first-order chi connectivity index (χ1) is 13.1. The molecule has 5 heteroatoms. The third-order valence-corrected chi connectivity index (χ3v) is 5.84. The van der Waals surface area contributed by atoms with Crippen LogP contribution in [0, 0.1) is 23.5 Å². The molecule has 0 amide bonds. The summed E-state index contributed by atoms with van der Waals surface area (Å²) >= 11 is 0. The highest BCUT2D eigenvalue weighted by atomic mass is 19.2. The van der Waals surface area contributed by atoms with Crippen molar-refractivity contribution in [2.24, 2.45) is 11.8 Å². The van der Waals surface area contributed by atoms with Crippen molar-refractivity contribution in [3.63, 3.8) is 0 Å². The SMILES string of the molecule is C/C=C/C1CCC(COC2CCC(c3ccc(OC)c(F)c3F)CO2)CC1. The predicted molar refractivity (Wildman–Crippen MR) is 101 cm³/mol. The van der Waals surface area contributed by atoms with E-state index in [0.29, 0.717) is 24.5 Å². The van der Waals surface area contributed by atoms with Crippen LogP contribution in [0.5, 0.6) is 5.75 Å². The van der Waals surface area contributed by atoms with Crippen LogP contribution >= 0.6 is 0 Å². The zero-order valence-corrected chi connectivity index (χ0v) is 16.3. The normalized spacial score (nSPS) is 29.2. The van der Waals surface area contributed by atoms with E-state index in [9.17, 15) is 8.78 Å². The van der Waals surface area contributed by atoms with Crippen molar-refractivity contribution in [2.45, 2.75) is 57.7 Å². The molecule has 150 valence electrons. The molecule has 1 saturated heterocycles. The number of halogens is 2. The Morgan fingerprint density at radius 3 is 2.48 bits per heavy atom. The van der Waals surface area contributed by atoms with Gasteiger partial charge < -0.3 is 14.2 Å². The lowest BCUT2D eigenvalue weighted by Crippen LogP contribution is -2.30. The molecule has 2 unspecified atom stereocenters. The van der Waals surface area contributed by atoms with Crippen molar-refractivity contribution >= 4 is 0 Å². The molecule has 2 aliphatic rings. The summed E-state index contributed by atoms with van der Waals surface area (Å²) in [5.41, 5.74) is 0.356. The average molecular weight is 380 g/mol. The van der Waals surface area contributed by atoms with Crippen LogP contribution in [0.3, 0.4) is 0 Å². The number of benzene rings is 1. The Labute approximate surface area is 160 Å². The maximum absolute atomic E-state index is 14.3. The molecule has 0 N–H and O–H groups in total. The second-order valence-corrected chi connectivity index (χ2v) is 7.66. The summed E-state index contributed by atoms with van der Waals surface area (Å²) in [5, 5.41) is 0. The monoisotopic (exact) mass is 380 g/mol. The molecule has 0 spiro atoms. The van der Waals surface area contributed by atoms with Crippen LogP contribution < -0.4 is 4.74 Å². The molecule has 0 radical (unpaired) electrons. The molecule has 3 nitrogen and oxygen atoms in total. The van der Waals surface area contributed by atoms with Crippen molar-refractivity contribution in [1.29, 1.82) is 0 Å². The van der Waals surface area contributed by atoms with Crippen LogP contribution in [-0.4, -0.2) is 26.6 Å². The van der Waals surface area contributed by atoms with Crippen molar-refractivity contribution in [3.05, 3.63) is 41.5 Å². The molecule has 27 heavy (non-hydrogen) atoms. The summed E-state index contributed by atoms with van der Waals surface area (Å²) in [7, 11) is 1.33. The van der Waals surface area contributed by atoms with Crippen LogP contribution in [0.1, 0.15) is 56.9 Å². The quantitative estimate of drug-likeness (QED) is 0.602. The van der Waals surface area contributed by atoms with Crippen molar-refractivity contribution in [3.8, 4) is 5.75 Å². The van der Waals surface area contributed by atoms with Crippen LogP contribution in [0.15, 0.2) is 24.3 Å². The minimum atomic E-state index is -0.929. The highest BCUT2D eigenvalue weighted by molar-refractivity contribution is 5.33. The number of ether oxygens (including phenoxy) is 3. The van der Waals surface area contributed by atoms with E-state index in [1.54, 1.807) is 6.07 Å². The third-order valence-electron chi connectivity index (χ3n) is 5.84. The van der Waals surface area contributed by atoms with E-state index in [1.807, 2.05) is 0 Å². The molecule has 2 atom stereocenters. The Bertz CT molecular complexity index is 631. The fourth-order valence-corrected chi connectivity index (χ4v) is 4.19. The first kappa shape index (κ1) is 20.3. The zero-order valence-electron chi connectivity index (χ0n) is 16.3. The molecule has 1 heterocycles. The molecule has 1 aromatic rings. The lowest BCUT2D eigenvalue weighted by atomic mass is 9.82. The Kier molecular flexibility index (Phi) is 7.25. The maximum Gasteiger partial charge on any atom is 0.200 e. The molecule has 2 fully saturated rings. The molecule has 1 aliphatic heterocycles. The largest absolute Gasteiger partial charge is 0.494 e. The van der Waals surface area contributed by atoms with E-state index in [2.05, 4.69) is 19.1 Å². The number of hydrogen-bond donors (Lipinski definition) is 0. The first-order valence-electron chi connectivity index (χ1n) is 10.00. The number of methoxy groups -OCH3 is 1. The number of hydrogen-bond acceptors (Lipinski definition) is 3. The van der Waals surface area contributed by atoms with Gasteiger partial charge in [0.2, 0.25) is 5.82 Å². The minimum Gasteiger partial charge on any atom is -0.494 e. The standard InChI is InChI=1S/C22H30F2O3/c1-3-4-15-5-7-16(8-6-15)13-26-20-12-9-17(14-27-20)18-10-11-19(25-2)22(24)21(18)23/h3-4,10-11,15-17,20H,5-9,12-14H2,1-2H3/b4-3+. The highest BCUT2D eigenvalue weighted by Crippen LogP contribution is 2.34. The van der Waals surface area contributed by atoms with Gasteiger partial charge in [-0.15, -0.1) is 0 Å². The van der Waals surface area contributed by atoms with Gasteiger partial charge in [0.25, 0.3) is 0 Å². The van der Waals surface area contributed by atoms with Crippen LogP contribution in [0.4, 0.5) is 8.78 Å². The third kappa shape index (κ3) is 5.08. The van der Waals surface area contributed by atoms with Gasteiger partial charge in [0, 0.05) is 5.92 Å². The summed E-state index contributed by atoms with van der Waals surface area (Å²) < 4.78 is 44.8. The smallest absolute Gasteiger partial charge is 0.200 e. The molecule has 0 aromatic heterocycles. The molecule has 1 saturated carbocycles. The van der Waals surface area contributed by atoms with E-state index >= 15 is 0 Å². The zero-order chi connectivity index (χ0) is 19.2. The van der Waals surface area contributed by atoms with Gasteiger partial charge in [-0.3, -0.25) is 0 Å². The molecule has 0 bridgehead atoms. The van der Waals surface area contributed by atoms with E-state index in [0.717, 1.165) is 18.9 Å². The van der Waals surface area contributed by atoms with E-state index in [-0.39, 0.29) is 18.0 Å². The Hall–Kier alpha value is -1.46. The van der Waals surface area contributed by atoms with Crippen LogP contribution in [-0.2, 0) is 9.47 Å². The number of rotatable bonds is 6. The second kappa shape index (κ2) is 9.65. The topological polar surface area (TPSA) is 27.7 Å². The highest BCUT2D eigenvalue weighted by Gasteiger charge is 2.28. The Morgan fingerprint density at radius 1 is 1.07 bits per heavy atom. The molecule has 3 rings (SSSR count). The molecule has 1 aliphatic carbocycles. The van der Waals surface area contributed by atoms with E-state index in [1.165, 1.54) is 38.9 Å². The van der Waals surface area contributed by atoms with Gasteiger partial charge in [-0.1, -0.05) is 18.2 Å². The lowest BCUT2D eigenvalue weighted by Gasteiger charge is -2.32. The summed E-state index contributed by atoms with van der Waals surface area (Å²) in [6.07, 6.45) is 10.5. The second-order valence-electron chi connectivity index (χ2n) is 7.66. The first-order valence-corrected chi connectivity index (χ1v) is 10.00. The molecule has 1 aromatic carbocycles. The Morgan fingerprint density at radius 2 is 1.85 bits per heavy atom. The van der Waals surface area contributed by atoms with Gasteiger partial charge in [-0.05, 0) is 68.9 Å². The van der Waals surface area contributed by atoms with Gasteiger partial charge >= 0.3 is 0 Å². The fourth-order valence-electron chi connectivity index (χ4n) is 4.19. The van der Waals surface area contributed by atoms with Gasteiger partial charge in [-0.2, -0.15) is 4.39 Å². The maximum atomic E-state index is 14.3. The molecular formula is C22H30F2O3. The van der Waals surface area contributed by atoms with E-state index in [4.69, 9.17) is 14.2 Å². The van der Waals surface area contributed by atoms with Crippen LogP contribution in [0.2, 0.25) is 0 Å². The predicted octanol–water partition coefficient (Wildman–Crippen LogP) is 5.59. The summed E-state index contributed by atoms with van der Waals surface area (Å²) in [5.74, 6) is -0.666. The lowest BCUT2D eigenvalue weighted by molar-refractivity contribution is -0.175. The van der Waals surface area contributed by atoms with Gasteiger partial charge in [0.05, 0.1) is 20.3 Å². The minimum absolute atomic E-state index is 0.0710. The van der Waals surface area contributed by atoms with Gasteiger partial charge in [0.1, 0.15) is 0 Å². The number of allylic oxidation sites excluding steroid dienone is 2. The fraction of sp³-hybridized carbons (Fsp3) is 0.636. The molecular weight excluding hydrogens is 350 g/mol. The van der Waals surface area contributed by atoms with Gasteiger partial charge in [0.15, 0.2) is 17.9 Å². The van der Waals surface area contributed by atoms with Crippen molar-refractivity contribution in [2.75, 3.05) is 20.3 Å². The summed E-state index contributed by atoms with van der Waals surface area (Å²) in [6, 6.07) is 3.07. The average Bonchev–Trinajstić information content (AvgIpc) is 2.70. The Balaban J connectivity index is 1.44. The van der Waals surface area contributed by atoms with Gasteiger partial charge in [-0.25, -0.2) is 4.39 Å². The summed E-state index contributed by atoms with van der Waals surface area (Å²) in [4.78, 5) is 0. The van der Waals surface area contributed by atoms with Crippen LogP contribution in [0.25, 0.3) is 0 Å². The summed E-state index contributed by atoms with van der Waals surface area (Å²) in [6.45, 7) is 3.15. The van der Waals surface area contributed by atoms with E-state index < -0.39 is 11.6 Å². The van der Waals surface area contributed by atoms with Crippen molar-refractivity contribution < 1.29 is 23.0 Å². The van der Waals surface area contributed by atoms with Crippen molar-refractivity contribution in [1.82, 2.24) is 0 Å².